The van der Waals surface area contributed by atoms with Crippen molar-refractivity contribution in [3.05, 3.63) is 51.7 Å². The average molecular weight is 308 g/mol. The highest BCUT2D eigenvalue weighted by molar-refractivity contribution is 7.09. The summed E-state index contributed by atoms with van der Waals surface area (Å²) < 4.78 is 13.1. The molecule has 1 heterocycles. The van der Waals surface area contributed by atoms with E-state index in [0.717, 1.165) is 10.6 Å². The van der Waals surface area contributed by atoms with Crippen LogP contribution in [0.25, 0.3) is 0 Å². The monoisotopic (exact) mass is 308 g/mol. The maximum Gasteiger partial charge on any atom is 0.315 e. The molecular weight excluding hydrogens is 291 g/mol. The fourth-order valence-electron chi connectivity index (χ4n) is 2.34. The van der Waals surface area contributed by atoms with Crippen LogP contribution in [0.3, 0.4) is 0 Å². The van der Waals surface area contributed by atoms with Crippen molar-refractivity contribution in [2.24, 2.45) is 5.73 Å². The molecule has 0 saturated carbocycles. The van der Waals surface area contributed by atoms with E-state index in [1.165, 1.54) is 35.6 Å². The number of hydrogen-bond acceptors (Lipinski definition) is 4. The molecule has 112 valence electrons. The SMILES string of the molecule is Cc1ncsc1CCC(CN)(C(=O)O)c1ccc(F)cc1. The Balaban J connectivity index is 2.31. The number of nitrogens with zero attached hydrogens (tertiary/aromatic N) is 1. The van der Waals surface area contributed by atoms with Crippen LogP contribution >= 0.6 is 11.3 Å². The fourth-order valence-corrected chi connectivity index (χ4v) is 3.13. The summed E-state index contributed by atoms with van der Waals surface area (Å²) in [6.45, 7) is 1.86. The van der Waals surface area contributed by atoms with Gasteiger partial charge in [0.25, 0.3) is 0 Å². The summed E-state index contributed by atoms with van der Waals surface area (Å²) in [5.74, 6) is -1.38. The van der Waals surface area contributed by atoms with Crippen LogP contribution in [0.4, 0.5) is 4.39 Å². The Morgan fingerprint density at radius 2 is 2.10 bits per heavy atom. The van der Waals surface area contributed by atoms with Gasteiger partial charge in [-0.2, -0.15) is 0 Å². The topological polar surface area (TPSA) is 76.2 Å². The number of carbonyl (C=O) groups is 1. The van der Waals surface area contributed by atoms with Gasteiger partial charge in [-0.05, 0) is 37.5 Å². The molecule has 0 radical (unpaired) electrons. The number of rotatable bonds is 6. The number of aliphatic carboxylic acids is 1. The first-order valence-electron chi connectivity index (χ1n) is 6.58. The van der Waals surface area contributed by atoms with E-state index in [4.69, 9.17) is 5.73 Å². The number of nitrogens with two attached hydrogens (primary N) is 1. The van der Waals surface area contributed by atoms with Crippen molar-refractivity contribution in [1.29, 1.82) is 0 Å². The third-order valence-corrected chi connectivity index (χ3v) is 4.77. The predicted octanol–water partition coefficient (Wildman–Crippen LogP) is 2.50. The third kappa shape index (κ3) is 3.11. The lowest BCUT2D eigenvalue weighted by Gasteiger charge is -2.28. The Bertz CT molecular complexity index is 627. The molecule has 0 aliphatic carbocycles. The molecule has 0 fully saturated rings. The quantitative estimate of drug-likeness (QED) is 0.859. The number of halogens is 1. The summed E-state index contributed by atoms with van der Waals surface area (Å²) in [7, 11) is 0. The van der Waals surface area contributed by atoms with E-state index < -0.39 is 17.2 Å². The Morgan fingerprint density at radius 3 is 2.57 bits per heavy atom. The molecule has 1 atom stereocenters. The molecule has 4 nitrogen and oxygen atoms in total. The lowest BCUT2D eigenvalue weighted by atomic mass is 9.76. The van der Waals surface area contributed by atoms with Crippen LogP contribution < -0.4 is 5.73 Å². The molecule has 2 aromatic rings. The van der Waals surface area contributed by atoms with E-state index >= 15 is 0 Å². The second-order valence-electron chi connectivity index (χ2n) is 4.96. The van der Waals surface area contributed by atoms with Crippen LogP contribution in [-0.4, -0.2) is 22.6 Å². The maximum atomic E-state index is 13.1. The van der Waals surface area contributed by atoms with Gasteiger partial charge in [0.1, 0.15) is 11.2 Å². The summed E-state index contributed by atoms with van der Waals surface area (Å²) in [6.07, 6.45) is 0.935. The molecule has 21 heavy (non-hydrogen) atoms. The number of carboxylic acid groups (broad SMARTS) is 1. The fraction of sp³-hybridized carbons (Fsp3) is 0.333. The molecule has 0 aliphatic heterocycles. The highest BCUT2D eigenvalue weighted by Crippen LogP contribution is 2.30. The average Bonchev–Trinajstić information content (AvgIpc) is 2.87. The first-order chi connectivity index (χ1) is 9.99. The number of thiazole rings is 1. The molecule has 0 bridgehead atoms. The van der Waals surface area contributed by atoms with E-state index in [-0.39, 0.29) is 6.54 Å². The molecule has 0 aliphatic rings. The molecule has 1 aromatic heterocycles. The van der Waals surface area contributed by atoms with Gasteiger partial charge in [-0.15, -0.1) is 11.3 Å². The summed E-state index contributed by atoms with van der Waals surface area (Å²) in [5, 5.41) is 9.66. The van der Waals surface area contributed by atoms with Gasteiger partial charge in [0.05, 0.1) is 11.2 Å². The van der Waals surface area contributed by atoms with E-state index in [1.807, 2.05) is 6.92 Å². The molecular formula is C15H17FN2O2S. The van der Waals surface area contributed by atoms with E-state index in [2.05, 4.69) is 4.98 Å². The van der Waals surface area contributed by atoms with Crippen molar-refractivity contribution in [1.82, 2.24) is 4.98 Å². The molecule has 2 rings (SSSR count). The van der Waals surface area contributed by atoms with Crippen molar-refractivity contribution in [3.8, 4) is 0 Å². The molecule has 1 aromatic carbocycles. The summed E-state index contributed by atoms with van der Waals surface area (Å²) >= 11 is 1.51. The van der Waals surface area contributed by atoms with Crippen molar-refractivity contribution < 1.29 is 14.3 Å². The van der Waals surface area contributed by atoms with Crippen molar-refractivity contribution in [2.75, 3.05) is 6.54 Å². The van der Waals surface area contributed by atoms with Gasteiger partial charge in [-0.1, -0.05) is 12.1 Å². The lowest BCUT2D eigenvalue weighted by molar-refractivity contribution is -0.143. The number of aryl methyl sites for hydroxylation is 2. The second-order valence-corrected chi connectivity index (χ2v) is 5.90. The molecule has 6 heteroatoms. The molecule has 0 amide bonds. The predicted molar refractivity (Wildman–Crippen MR) is 79.9 cm³/mol. The zero-order valence-corrected chi connectivity index (χ0v) is 12.5. The zero-order valence-electron chi connectivity index (χ0n) is 11.7. The molecule has 0 spiro atoms. The standard InChI is InChI=1S/C15H17FN2O2S/c1-10-13(21-9-18-10)6-7-15(8-17,14(19)20)11-2-4-12(16)5-3-11/h2-5,9H,6-8,17H2,1H3,(H,19,20). The number of hydrogen-bond donors (Lipinski definition) is 2. The Kier molecular flexibility index (Phi) is 4.69. The van der Waals surface area contributed by atoms with E-state index in [0.29, 0.717) is 18.4 Å². The number of benzene rings is 1. The van der Waals surface area contributed by atoms with Crippen molar-refractivity contribution in [2.45, 2.75) is 25.2 Å². The Labute approximate surface area is 126 Å². The van der Waals surface area contributed by atoms with Gasteiger partial charge in [-0.3, -0.25) is 4.79 Å². The van der Waals surface area contributed by atoms with Crippen LogP contribution in [0.2, 0.25) is 0 Å². The zero-order chi connectivity index (χ0) is 15.5. The highest BCUT2D eigenvalue weighted by Gasteiger charge is 2.39. The Morgan fingerprint density at radius 1 is 1.43 bits per heavy atom. The van der Waals surface area contributed by atoms with Gasteiger partial charge >= 0.3 is 5.97 Å². The van der Waals surface area contributed by atoms with Crippen LogP contribution in [0.5, 0.6) is 0 Å². The third-order valence-electron chi connectivity index (χ3n) is 3.78. The summed E-state index contributed by atoms with van der Waals surface area (Å²) in [6, 6.07) is 5.52. The maximum absolute atomic E-state index is 13.1. The van der Waals surface area contributed by atoms with Gasteiger partial charge in [-0.25, -0.2) is 9.37 Å². The van der Waals surface area contributed by atoms with Crippen molar-refractivity contribution in [3.63, 3.8) is 0 Å². The van der Waals surface area contributed by atoms with E-state index in [1.54, 1.807) is 5.51 Å². The molecule has 0 saturated heterocycles. The lowest BCUT2D eigenvalue weighted by Crippen LogP contribution is -2.43. The van der Waals surface area contributed by atoms with Crippen LogP contribution in [-0.2, 0) is 16.6 Å². The minimum Gasteiger partial charge on any atom is -0.481 e. The van der Waals surface area contributed by atoms with E-state index in [9.17, 15) is 14.3 Å². The first kappa shape index (κ1) is 15.6. The van der Waals surface area contributed by atoms with Gasteiger partial charge in [0.15, 0.2) is 0 Å². The highest BCUT2D eigenvalue weighted by atomic mass is 32.1. The van der Waals surface area contributed by atoms with Crippen molar-refractivity contribution >= 4 is 17.3 Å². The normalized spacial score (nSPS) is 13.9. The number of carboxylic acids is 1. The van der Waals surface area contributed by atoms with Gasteiger partial charge < -0.3 is 10.8 Å². The summed E-state index contributed by atoms with van der Waals surface area (Å²) in [5.41, 5.74) is 7.75. The van der Waals surface area contributed by atoms with Gasteiger partial charge in [0.2, 0.25) is 0 Å². The molecule has 3 N–H and O–H groups in total. The molecule has 1 unspecified atom stereocenters. The minimum absolute atomic E-state index is 0.0359. The Hall–Kier alpha value is -1.79. The van der Waals surface area contributed by atoms with Gasteiger partial charge in [0, 0.05) is 11.4 Å². The smallest absolute Gasteiger partial charge is 0.315 e. The van der Waals surface area contributed by atoms with Crippen LogP contribution in [0.1, 0.15) is 22.6 Å². The largest absolute Gasteiger partial charge is 0.481 e. The van der Waals surface area contributed by atoms with Crippen LogP contribution in [0.15, 0.2) is 29.8 Å². The second kappa shape index (κ2) is 6.32. The number of aromatic nitrogens is 1. The summed E-state index contributed by atoms with van der Waals surface area (Å²) in [4.78, 5) is 17.0. The first-order valence-corrected chi connectivity index (χ1v) is 7.46. The van der Waals surface area contributed by atoms with Crippen LogP contribution in [0, 0.1) is 12.7 Å². The minimum atomic E-state index is -1.20.